The summed E-state index contributed by atoms with van der Waals surface area (Å²) in [5.41, 5.74) is -0.0521. The monoisotopic (exact) mass is 299 g/mol. The molecule has 0 bridgehead atoms. The Labute approximate surface area is 110 Å². The lowest BCUT2D eigenvalue weighted by Crippen LogP contribution is -2.45. The second kappa shape index (κ2) is 6.05. The first-order chi connectivity index (χ1) is 8.05. The van der Waals surface area contributed by atoms with Gasteiger partial charge in [-0.1, -0.05) is 32.4 Å². The summed E-state index contributed by atoms with van der Waals surface area (Å²) in [6.07, 6.45) is 2.00. The van der Waals surface area contributed by atoms with Crippen LogP contribution in [0.15, 0.2) is 28.7 Å². The quantitative estimate of drug-likeness (QED) is 0.838. The highest BCUT2D eigenvalue weighted by atomic mass is 79.9. The van der Waals surface area contributed by atoms with Crippen LogP contribution >= 0.6 is 15.9 Å². The van der Waals surface area contributed by atoms with E-state index in [0.717, 1.165) is 16.6 Å². The van der Waals surface area contributed by atoms with E-state index in [-0.39, 0.29) is 0 Å². The minimum atomic E-state index is -0.876. The molecule has 0 heterocycles. The smallest absolute Gasteiger partial charge is 0.329 e. The van der Waals surface area contributed by atoms with E-state index >= 15 is 0 Å². The summed E-state index contributed by atoms with van der Waals surface area (Å²) in [6.45, 7) is 3.89. The maximum Gasteiger partial charge on any atom is 0.329 e. The molecule has 4 heteroatoms. The van der Waals surface area contributed by atoms with Crippen molar-refractivity contribution in [3.63, 3.8) is 0 Å². The number of aliphatic carboxylic acids is 1. The highest BCUT2D eigenvalue weighted by molar-refractivity contribution is 9.10. The number of benzene rings is 1. The largest absolute Gasteiger partial charge is 0.480 e. The Morgan fingerprint density at radius 1 is 1.41 bits per heavy atom. The third-order valence-electron chi connectivity index (χ3n) is 2.94. The molecular weight excluding hydrogens is 282 g/mol. The van der Waals surface area contributed by atoms with Crippen LogP contribution in [0.5, 0.6) is 0 Å². The molecule has 3 nitrogen and oxygen atoms in total. The molecule has 0 saturated carbocycles. The molecule has 94 valence electrons. The highest BCUT2D eigenvalue weighted by Gasteiger charge is 2.35. The maximum atomic E-state index is 11.5. The molecular formula is C13H18BrNO2. The van der Waals surface area contributed by atoms with E-state index in [2.05, 4.69) is 21.2 Å². The molecule has 1 rings (SSSR count). The van der Waals surface area contributed by atoms with Crippen LogP contribution in [0.2, 0.25) is 0 Å². The lowest BCUT2D eigenvalue weighted by atomic mass is 9.90. The van der Waals surface area contributed by atoms with Crippen molar-refractivity contribution in [3.05, 3.63) is 28.7 Å². The fourth-order valence-corrected chi connectivity index (χ4v) is 2.27. The van der Waals surface area contributed by atoms with Crippen LogP contribution in [0.3, 0.4) is 0 Å². The number of hydrogen-bond acceptors (Lipinski definition) is 2. The molecule has 1 unspecified atom stereocenters. The van der Waals surface area contributed by atoms with Crippen LogP contribution in [0.4, 0.5) is 5.69 Å². The fourth-order valence-electron chi connectivity index (χ4n) is 1.89. The van der Waals surface area contributed by atoms with E-state index < -0.39 is 11.5 Å². The Hall–Kier alpha value is -1.03. The molecule has 0 spiro atoms. The Bertz CT molecular complexity index is 395. The molecule has 0 aliphatic rings. The third-order valence-corrected chi connectivity index (χ3v) is 3.63. The molecule has 2 N–H and O–H groups in total. The van der Waals surface area contributed by atoms with Gasteiger partial charge in [0.25, 0.3) is 0 Å². The molecule has 0 aliphatic carbocycles. The zero-order chi connectivity index (χ0) is 12.9. The van der Waals surface area contributed by atoms with E-state index in [1.807, 2.05) is 38.1 Å². The van der Waals surface area contributed by atoms with E-state index in [4.69, 9.17) is 0 Å². The molecule has 0 fully saturated rings. The van der Waals surface area contributed by atoms with Gasteiger partial charge >= 0.3 is 5.97 Å². The summed E-state index contributed by atoms with van der Waals surface area (Å²) < 4.78 is 0.884. The fraction of sp³-hybridized carbons (Fsp3) is 0.462. The Morgan fingerprint density at radius 2 is 2.06 bits per heavy atom. The standard InChI is InChI=1S/C13H18BrNO2/c1-3-9-13(4-2,12(16)17)15-11-8-6-5-7-10(11)14/h5-8,15H,3-4,9H2,1-2H3,(H,16,17). The predicted molar refractivity (Wildman–Crippen MR) is 73.3 cm³/mol. The molecule has 0 saturated heterocycles. The summed E-state index contributed by atoms with van der Waals surface area (Å²) in [4.78, 5) is 11.5. The van der Waals surface area contributed by atoms with Gasteiger partial charge in [0.15, 0.2) is 0 Å². The van der Waals surface area contributed by atoms with Gasteiger partial charge in [-0.2, -0.15) is 0 Å². The van der Waals surface area contributed by atoms with E-state index in [0.29, 0.717) is 12.8 Å². The summed E-state index contributed by atoms with van der Waals surface area (Å²) in [5, 5.41) is 12.6. The zero-order valence-electron chi connectivity index (χ0n) is 10.2. The van der Waals surface area contributed by atoms with E-state index in [1.165, 1.54) is 0 Å². The molecule has 1 atom stereocenters. The lowest BCUT2D eigenvalue weighted by Gasteiger charge is -2.30. The lowest BCUT2D eigenvalue weighted by molar-refractivity contribution is -0.142. The van der Waals surface area contributed by atoms with Gasteiger partial charge in [0.1, 0.15) is 5.54 Å². The topological polar surface area (TPSA) is 49.3 Å². The molecule has 0 aliphatic heterocycles. The van der Waals surface area contributed by atoms with Crippen LogP contribution in [0.1, 0.15) is 33.1 Å². The normalized spacial score (nSPS) is 14.1. The molecule has 1 aromatic rings. The first-order valence-corrected chi connectivity index (χ1v) is 6.61. The van der Waals surface area contributed by atoms with Gasteiger partial charge < -0.3 is 10.4 Å². The minimum Gasteiger partial charge on any atom is -0.480 e. The van der Waals surface area contributed by atoms with Crippen LogP contribution in [-0.4, -0.2) is 16.6 Å². The third kappa shape index (κ3) is 3.22. The van der Waals surface area contributed by atoms with Crippen molar-refractivity contribution in [2.75, 3.05) is 5.32 Å². The average molecular weight is 300 g/mol. The Morgan fingerprint density at radius 3 is 2.53 bits per heavy atom. The van der Waals surface area contributed by atoms with Gasteiger partial charge in [-0.05, 0) is 40.9 Å². The van der Waals surface area contributed by atoms with Crippen LogP contribution in [0, 0.1) is 0 Å². The first-order valence-electron chi connectivity index (χ1n) is 5.82. The first kappa shape index (κ1) is 14.0. The van der Waals surface area contributed by atoms with Gasteiger partial charge in [0.2, 0.25) is 0 Å². The summed E-state index contributed by atoms with van der Waals surface area (Å²) in [5.74, 6) is -0.794. The molecule has 0 aromatic heterocycles. The predicted octanol–water partition coefficient (Wildman–Crippen LogP) is 3.89. The second-order valence-electron chi connectivity index (χ2n) is 4.10. The van der Waals surface area contributed by atoms with Crippen LogP contribution in [0.25, 0.3) is 0 Å². The number of para-hydroxylation sites is 1. The zero-order valence-corrected chi connectivity index (χ0v) is 11.8. The summed E-state index contributed by atoms with van der Waals surface area (Å²) in [7, 11) is 0. The second-order valence-corrected chi connectivity index (χ2v) is 4.95. The summed E-state index contributed by atoms with van der Waals surface area (Å²) >= 11 is 3.42. The van der Waals surface area contributed by atoms with E-state index in [9.17, 15) is 9.90 Å². The molecule has 1 aromatic carbocycles. The highest BCUT2D eigenvalue weighted by Crippen LogP contribution is 2.29. The number of anilines is 1. The van der Waals surface area contributed by atoms with Crippen molar-refractivity contribution in [2.24, 2.45) is 0 Å². The summed E-state index contributed by atoms with van der Waals surface area (Å²) in [6, 6.07) is 7.58. The maximum absolute atomic E-state index is 11.5. The van der Waals surface area contributed by atoms with Crippen molar-refractivity contribution in [3.8, 4) is 0 Å². The molecule has 0 amide bonds. The van der Waals surface area contributed by atoms with Crippen molar-refractivity contribution >= 4 is 27.6 Å². The Balaban J connectivity index is 3.01. The number of rotatable bonds is 6. The van der Waals surface area contributed by atoms with Crippen molar-refractivity contribution in [1.29, 1.82) is 0 Å². The van der Waals surface area contributed by atoms with Crippen molar-refractivity contribution in [1.82, 2.24) is 0 Å². The Kier molecular flexibility index (Phi) is 5.00. The number of carboxylic acid groups (broad SMARTS) is 1. The number of carboxylic acids is 1. The number of carbonyl (C=O) groups is 1. The van der Waals surface area contributed by atoms with Gasteiger partial charge in [-0.15, -0.1) is 0 Å². The molecule has 0 radical (unpaired) electrons. The number of hydrogen-bond donors (Lipinski definition) is 2. The SMILES string of the molecule is CCCC(CC)(Nc1ccccc1Br)C(=O)O. The van der Waals surface area contributed by atoms with Gasteiger partial charge in [-0.3, -0.25) is 0 Å². The van der Waals surface area contributed by atoms with Crippen molar-refractivity contribution < 1.29 is 9.90 Å². The average Bonchev–Trinajstić information content (AvgIpc) is 2.31. The molecule has 17 heavy (non-hydrogen) atoms. The minimum absolute atomic E-state index is 0.553. The van der Waals surface area contributed by atoms with Crippen molar-refractivity contribution in [2.45, 2.75) is 38.6 Å². The van der Waals surface area contributed by atoms with Gasteiger partial charge in [0, 0.05) is 10.2 Å². The van der Waals surface area contributed by atoms with Gasteiger partial charge in [-0.25, -0.2) is 4.79 Å². The van der Waals surface area contributed by atoms with Gasteiger partial charge in [0.05, 0.1) is 0 Å². The van der Waals surface area contributed by atoms with Crippen LogP contribution in [-0.2, 0) is 4.79 Å². The van der Waals surface area contributed by atoms with Crippen LogP contribution < -0.4 is 5.32 Å². The van der Waals surface area contributed by atoms with E-state index in [1.54, 1.807) is 0 Å². The number of nitrogens with one attached hydrogen (secondary N) is 1. The number of halogens is 1.